The Morgan fingerprint density at radius 2 is 1.56 bits per heavy atom. The number of amides is 1. The minimum Gasteiger partial charge on any atom is -0.326 e. The molecule has 1 unspecified atom stereocenters. The molecule has 1 heterocycles. The molecule has 1 amide bonds. The molecule has 4 heteroatoms. The molecule has 0 aliphatic carbocycles. The molecule has 4 rings (SSSR count). The Morgan fingerprint density at radius 3 is 2.19 bits per heavy atom. The lowest BCUT2D eigenvalue weighted by molar-refractivity contribution is -0.114. The fraction of sp³-hybridized carbons (Fsp3) is 0.130. The molecule has 0 saturated carbocycles. The van der Waals surface area contributed by atoms with Gasteiger partial charge in [0, 0.05) is 19.0 Å². The summed E-state index contributed by atoms with van der Waals surface area (Å²) in [5.74, 6) is -0.0655. The Bertz CT molecular complexity index is 950. The summed E-state index contributed by atoms with van der Waals surface area (Å²) in [5.41, 5.74) is 5.27. The highest BCUT2D eigenvalue weighted by atomic mass is 16.1. The normalized spacial score (nSPS) is 16.1. The molecule has 0 fully saturated rings. The van der Waals surface area contributed by atoms with Gasteiger partial charge in [-0.25, -0.2) is 0 Å². The average Bonchev–Trinajstić information content (AvgIpc) is 3.15. The first kappa shape index (κ1) is 17.0. The molecular weight excluding hydrogens is 334 g/mol. The van der Waals surface area contributed by atoms with Gasteiger partial charge in [0.1, 0.15) is 0 Å². The average molecular weight is 355 g/mol. The zero-order chi connectivity index (χ0) is 18.6. The molecule has 0 spiro atoms. The number of para-hydroxylation sites is 1. The van der Waals surface area contributed by atoms with Crippen molar-refractivity contribution >= 4 is 23.0 Å². The van der Waals surface area contributed by atoms with Crippen molar-refractivity contribution < 1.29 is 4.79 Å². The van der Waals surface area contributed by atoms with Crippen LogP contribution in [0.15, 0.2) is 90.0 Å². The number of nitrogens with zero attached hydrogens (tertiary/aromatic N) is 2. The summed E-state index contributed by atoms with van der Waals surface area (Å²) < 4.78 is 0. The molecule has 3 aromatic carbocycles. The van der Waals surface area contributed by atoms with E-state index in [0.29, 0.717) is 0 Å². The van der Waals surface area contributed by atoms with Gasteiger partial charge in [-0.05, 0) is 35.4 Å². The number of nitrogens with one attached hydrogen (secondary N) is 1. The van der Waals surface area contributed by atoms with Crippen LogP contribution in [0.3, 0.4) is 0 Å². The van der Waals surface area contributed by atoms with Gasteiger partial charge in [0.05, 0.1) is 17.4 Å². The molecule has 1 N–H and O–H groups in total. The molecule has 1 atom stereocenters. The Balaban J connectivity index is 1.67. The fourth-order valence-corrected chi connectivity index (χ4v) is 3.39. The van der Waals surface area contributed by atoms with E-state index in [1.54, 1.807) is 0 Å². The summed E-state index contributed by atoms with van der Waals surface area (Å²) in [7, 11) is 0. The maximum Gasteiger partial charge on any atom is 0.221 e. The number of carbonyl (C=O) groups excluding carboxylic acids is 1. The largest absolute Gasteiger partial charge is 0.326 e. The molecule has 134 valence electrons. The standard InChI is InChI=1S/C23H21N3O/c1-17(27)24-20-14-12-19(13-15-20)23-16-22(18-8-4-2-5-9-18)25-26(23)21-10-6-3-7-11-21/h2-15,23H,16H2,1H3,(H,24,27). The third-order valence-electron chi connectivity index (χ3n) is 4.65. The van der Waals surface area contributed by atoms with Gasteiger partial charge < -0.3 is 5.32 Å². The highest BCUT2D eigenvalue weighted by Gasteiger charge is 2.29. The van der Waals surface area contributed by atoms with E-state index in [1.165, 1.54) is 12.5 Å². The quantitative estimate of drug-likeness (QED) is 0.716. The first-order chi connectivity index (χ1) is 13.2. The Morgan fingerprint density at radius 1 is 0.926 bits per heavy atom. The van der Waals surface area contributed by atoms with Crippen molar-refractivity contribution in [2.75, 3.05) is 10.3 Å². The number of hydrazone groups is 1. The second-order valence-corrected chi connectivity index (χ2v) is 6.62. The van der Waals surface area contributed by atoms with Crippen molar-refractivity contribution in [2.24, 2.45) is 5.10 Å². The molecule has 0 bridgehead atoms. The lowest BCUT2D eigenvalue weighted by Gasteiger charge is -2.24. The first-order valence-corrected chi connectivity index (χ1v) is 9.05. The van der Waals surface area contributed by atoms with Gasteiger partial charge in [-0.2, -0.15) is 5.10 Å². The Labute approximate surface area is 159 Å². The number of rotatable bonds is 4. The molecular formula is C23H21N3O. The predicted molar refractivity (Wildman–Crippen MR) is 110 cm³/mol. The minimum absolute atomic E-state index is 0.0655. The van der Waals surface area contributed by atoms with Crippen LogP contribution >= 0.6 is 0 Å². The third-order valence-corrected chi connectivity index (χ3v) is 4.65. The van der Waals surface area contributed by atoms with E-state index in [2.05, 4.69) is 46.7 Å². The van der Waals surface area contributed by atoms with E-state index in [4.69, 9.17) is 5.10 Å². The zero-order valence-electron chi connectivity index (χ0n) is 15.2. The van der Waals surface area contributed by atoms with Gasteiger partial charge in [-0.3, -0.25) is 9.80 Å². The summed E-state index contributed by atoms with van der Waals surface area (Å²) in [6.07, 6.45) is 0.832. The van der Waals surface area contributed by atoms with Crippen molar-refractivity contribution in [3.8, 4) is 0 Å². The topological polar surface area (TPSA) is 44.7 Å². The summed E-state index contributed by atoms with van der Waals surface area (Å²) in [6, 6.07) is 28.7. The molecule has 1 aliphatic heterocycles. The van der Waals surface area contributed by atoms with E-state index in [0.717, 1.165) is 29.1 Å². The van der Waals surface area contributed by atoms with Gasteiger partial charge in [0.15, 0.2) is 0 Å². The van der Waals surface area contributed by atoms with Gasteiger partial charge >= 0.3 is 0 Å². The van der Waals surface area contributed by atoms with Crippen molar-refractivity contribution in [1.82, 2.24) is 0 Å². The summed E-state index contributed by atoms with van der Waals surface area (Å²) in [6.45, 7) is 1.52. The van der Waals surface area contributed by atoms with Crippen LogP contribution in [0.4, 0.5) is 11.4 Å². The molecule has 4 nitrogen and oxygen atoms in total. The minimum atomic E-state index is -0.0655. The van der Waals surface area contributed by atoms with Crippen molar-refractivity contribution in [2.45, 2.75) is 19.4 Å². The summed E-state index contributed by atoms with van der Waals surface area (Å²) >= 11 is 0. The smallest absolute Gasteiger partial charge is 0.221 e. The second-order valence-electron chi connectivity index (χ2n) is 6.62. The molecule has 0 radical (unpaired) electrons. The number of hydrogen-bond donors (Lipinski definition) is 1. The maximum atomic E-state index is 11.3. The maximum absolute atomic E-state index is 11.3. The second kappa shape index (κ2) is 7.46. The van der Waals surface area contributed by atoms with Gasteiger partial charge in [0.25, 0.3) is 0 Å². The number of carbonyl (C=O) groups is 1. The van der Waals surface area contributed by atoms with Crippen LogP contribution in [-0.4, -0.2) is 11.6 Å². The van der Waals surface area contributed by atoms with Crippen LogP contribution in [0.5, 0.6) is 0 Å². The van der Waals surface area contributed by atoms with E-state index in [-0.39, 0.29) is 11.9 Å². The molecule has 27 heavy (non-hydrogen) atoms. The number of benzene rings is 3. The molecule has 1 aliphatic rings. The van der Waals surface area contributed by atoms with E-state index < -0.39 is 0 Å². The molecule has 0 aromatic heterocycles. The first-order valence-electron chi connectivity index (χ1n) is 9.05. The highest BCUT2D eigenvalue weighted by molar-refractivity contribution is 6.03. The summed E-state index contributed by atoms with van der Waals surface area (Å²) in [4.78, 5) is 11.3. The third kappa shape index (κ3) is 3.75. The van der Waals surface area contributed by atoms with Crippen LogP contribution < -0.4 is 10.3 Å². The van der Waals surface area contributed by atoms with Crippen LogP contribution in [0.25, 0.3) is 0 Å². The highest BCUT2D eigenvalue weighted by Crippen LogP contribution is 2.36. The van der Waals surface area contributed by atoms with Crippen molar-refractivity contribution in [3.63, 3.8) is 0 Å². The van der Waals surface area contributed by atoms with Crippen molar-refractivity contribution in [3.05, 3.63) is 96.1 Å². The van der Waals surface area contributed by atoms with Gasteiger partial charge in [-0.15, -0.1) is 0 Å². The van der Waals surface area contributed by atoms with Crippen LogP contribution in [-0.2, 0) is 4.79 Å². The van der Waals surface area contributed by atoms with E-state index in [9.17, 15) is 4.79 Å². The predicted octanol–water partition coefficient (Wildman–Crippen LogP) is 5.00. The fourth-order valence-electron chi connectivity index (χ4n) is 3.39. The van der Waals surface area contributed by atoms with Crippen LogP contribution in [0.2, 0.25) is 0 Å². The zero-order valence-corrected chi connectivity index (χ0v) is 15.2. The van der Waals surface area contributed by atoms with E-state index >= 15 is 0 Å². The molecule has 3 aromatic rings. The Hall–Kier alpha value is -3.40. The Kier molecular flexibility index (Phi) is 4.71. The molecule has 0 saturated heterocycles. The number of anilines is 2. The van der Waals surface area contributed by atoms with Gasteiger partial charge in [-0.1, -0.05) is 60.7 Å². The monoisotopic (exact) mass is 355 g/mol. The van der Waals surface area contributed by atoms with Crippen LogP contribution in [0, 0.1) is 0 Å². The lowest BCUT2D eigenvalue weighted by atomic mass is 9.98. The summed E-state index contributed by atoms with van der Waals surface area (Å²) in [5, 5.41) is 9.85. The van der Waals surface area contributed by atoms with Crippen molar-refractivity contribution in [1.29, 1.82) is 0 Å². The SMILES string of the molecule is CC(=O)Nc1ccc(C2CC(c3ccccc3)=NN2c2ccccc2)cc1. The lowest BCUT2D eigenvalue weighted by Crippen LogP contribution is -2.18. The van der Waals surface area contributed by atoms with E-state index in [1.807, 2.05) is 48.5 Å². The number of hydrogen-bond acceptors (Lipinski definition) is 3. The van der Waals surface area contributed by atoms with Crippen LogP contribution in [0.1, 0.15) is 30.5 Å². The van der Waals surface area contributed by atoms with Gasteiger partial charge in [0.2, 0.25) is 5.91 Å².